The molecular weight excluding hydrogens is 444 g/mol. The first-order valence-electron chi connectivity index (χ1n) is 11.6. The van der Waals surface area contributed by atoms with Crippen LogP contribution in [0.25, 0.3) is 0 Å². The minimum atomic E-state index is -0.144. The maximum atomic E-state index is 13.6. The summed E-state index contributed by atoms with van der Waals surface area (Å²) in [6.07, 6.45) is 4.74. The summed E-state index contributed by atoms with van der Waals surface area (Å²) in [4.78, 5) is 19.6. The molecule has 1 aliphatic rings. The van der Waals surface area contributed by atoms with Gasteiger partial charge in [-0.25, -0.2) is 4.99 Å². The Morgan fingerprint density at radius 3 is 2.65 bits per heavy atom. The molecule has 1 aromatic heterocycles. The topological polar surface area (TPSA) is 59.9 Å². The van der Waals surface area contributed by atoms with Crippen molar-refractivity contribution in [1.82, 2.24) is 0 Å². The summed E-state index contributed by atoms with van der Waals surface area (Å²) < 4.78 is 10.8. The molecule has 5 nitrogen and oxygen atoms in total. The van der Waals surface area contributed by atoms with E-state index in [1.165, 1.54) is 4.88 Å². The highest BCUT2D eigenvalue weighted by Gasteiger charge is 2.33. The molecule has 6 heteroatoms. The summed E-state index contributed by atoms with van der Waals surface area (Å²) in [6, 6.07) is 15.2. The molecule has 0 aliphatic heterocycles. The van der Waals surface area contributed by atoms with E-state index in [0.29, 0.717) is 22.9 Å². The van der Waals surface area contributed by atoms with Crippen LogP contribution in [-0.2, 0) is 12.8 Å². The van der Waals surface area contributed by atoms with Crippen molar-refractivity contribution in [2.75, 3.05) is 19.5 Å². The average molecular weight is 477 g/mol. The van der Waals surface area contributed by atoms with Crippen LogP contribution in [0.15, 0.2) is 53.5 Å². The summed E-state index contributed by atoms with van der Waals surface area (Å²) in [5, 5.41) is 3.81. The van der Waals surface area contributed by atoms with Gasteiger partial charge in [0, 0.05) is 11.1 Å². The molecule has 0 spiro atoms. The highest BCUT2D eigenvalue weighted by Crippen LogP contribution is 2.45. The first kappa shape index (κ1) is 24.0. The highest BCUT2D eigenvalue weighted by atomic mass is 32.1. The third-order valence-corrected chi connectivity index (χ3v) is 7.64. The molecule has 0 radical (unpaired) electrons. The molecule has 1 N–H and O–H groups in total. The Morgan fingerprint density at radius 2 is 1.91 bits per heavy atom. The number of hydrogen-bond acceptors (Lipinski definition) is 5. The molecule has 1 unspecified atom stereocenters. The number of carbonyl (C=O) groups excluding carboxylic acids is 1. The fraction of sp³-hybridized carbons (Fsp3) is 0.357. The molecule has 0 saturated heterocycles. The van der Waals surface area contributed by atoms with E-state index in [-0.39, 0.29) is 11.3 Å². The molecular formula is C28H32N2O3S. The monoisotopic (exact) mass is 476 g/mol. The maximum Gasteiger partial charge on any atom is 0.259 e. The number of carbonyl (C=O) groups is 1. The van der Waals surface area contributed by atoms with Gasteiger partial charge < -0.3 is 14.8 Å². The van der Waals surface area contributed by atoms with Gasteiger partial charge in [0.05, 0.1) is 25.5 Å². The van der Waals surface area contributed by atoms with Gasteiger partial charge in [0.1, 0.15) is 16.5 Å². The minimum absolute atomic E-state index is 0.144. The van der Waals surface area contributed by atoms with Crippen molar-refractivity contribution in [3.05, 3.63) is 70.1 Å². The molecule has 0 fully saturated rings. The SMILES string of the molecule is COc1cccc(C=Nc2sc3c(c2C(=O)Nc2ccccc2OC)CCC(C(C)(C)C)C3)c1. The van der Waals surface area contributed by atoms with Gasteiger partial charge >= 0.3 is 0 Å². The van der Waals surface area contributed by atoms with Crippen molar-refractivity contribution in [2.24, 2.45) is 16.3 Å². The number of aliphatic imine (C=N–C) groups is 1. The second-order valence-electron chi connectivity index (χ2n) is 9.68. The number of hydrogen-bond donors (Lipinski definition) is 1. The predicted molar refractivity (Wildman–Crippen MR) is 140 cm³/mol. The number of methoxy groups -OCH3 is 2. The molecule has 178 valence electrons. The van der Waals surface area contributed by atoms with E-state index in [0.717, 1.165) is 41.1 Å². The molecule has 0 bridgehead atoms. The number of nitrogens with one attached hydrogen (secondary N) is 1. The van der Waals surface area contributed by atoms with E-state index >= 15 is 0 Å². The maximum absolute atomic E-state index is 13.6. The fourth-order valence-electron chi connectivity index (χ4n) is 4.42. The predicted octanol–water partition coefficient (Wildman–Crippen LogP) is 6.92. The van der Waals surface area contributed by atoms with Crippen molar-refractivity contribution in [3.63, 3.8) is 0 Å². The van der Waals surface area contributed by atoms with Crippen LogP contribution < -0.4 is 14.8 Å². The van der Waals surface area contributed by atoms with Crippen LogP contribution in [0.5, 0.6) is 11.5 Å². The number of para-hydroxylation sites is 2. The number of thiophene rings is 1. The minimum Gasteiger partial charge on any atom is -0.497 e. The smallest absolute Gasteiger partial charge is 0.259 e. The van der Waals surface area contributed by atoms with Gasteiger partial charge in [0.2, 0.25) is 0 Å². The molecule has 2 aromatic carbocycles. The summed E-state index contributed by atoms with van der Waals surface area (Å²) in [5.41, 5.74) is 3.62. The number of ether oxygens (including phenoxy) is 2. The second kappa shape index (κ2) is 10.0. The Morgan fingerprint density at radius 1 is 1.12 bits per heavy atom. The zero-order valence-electron chi connectivity index (χ0n) is 20.5. The van der Waals surface area contributed by atoms with Gasteiger partial charge in [0.25, 0.3) is 5.91 Å². The van der Waals surface area contributed by atoms with E-state index in [1.54, 1.807) is 31.8 Å². The van der Waals surface area contributed by atoms with Crippen LogP contribution in [0.3, 0.4) is 0 Å². The normalized spacial score (nSPS) is 15.7. The van der Waals surface area contributed by atoms with Crippen LogP contribution in [-0.4, -0.2) is 26.3 Å². The summed E-state index contributed by atoms with van der Waals surface area (Å²) >= 11 is 1.64. The Bertz CT molecular complexity index is 1210. The van der Waals surface area contributed by atoms with Gasteiger partial charge in [0.15, 0.2) is 0 Å². The molecule has 1 aliphatic carbocycles. The van der Waals surface area contributed by atoms with Crippen molar-refractivity contribution in [3.8, 4) is 11.5 Å². The Balaban J connectivity index is 1.72. The molecule has 1 amide bonds. The number of rotatable bonds is 6. The number of fused-ring (bicyclic) bond motifs is 1. The van der Waals surface area contributed by atoms with E-state index in [9.17, 15) is 4.79 Å². The van der Waals surface area contributed by atoms with Crippen LogP contribution in [0, 0.1) is 11.3 Å². The summed E-state index contributed by atoms with van der Waals surface area (Å²) in [6.45, 7) is 6.90. The molecule has 4 rings (SSSR count). The largest absolute Gasteiger partial charge is 0.497 e. The lowest BCUT2D eigenvalue weighted by atomic mass is 9.72. The molecule has 0 saturated carbocycles. The highest BCUT2D eigenvalue weighted by molar-refractivity contribution is 7.16. The Kier molecular flexibility index (Phi) is 7.08. The lowest BCUT2D eigenvalue weighted by Crippen LogP contribution is -2.27. The van der Waals surface area contributed by atoms with E-state index < -0.39 is 0 Å². The molecule has 34 heavy (non-hydrogen) atoms. The lowest BCUT2D eigenvalue weighted by Gasteiger charge is -2.33. The van der Waals surface area contributed by atoms with Crippen LogP contribution >= 0.6 is 11.3 Å². The van der Waals surface area contributed by atoms with Crippen LogP contribution in [0.4, 0.5) is 10.7 Å². The van der Waals surface area contributed by atoms with Gasteiger partial charge in [-0.1, -0.05) is 45.0 Å². The van der Waals surface area contributed by atoms with Crippen LogP contribution in [0.2, 0.25) is 0 Å². The van der Waals surface area contributed by atoms with Gasteiger partial charge in [-0.15, -0.1) is 11.3 Å². The lowest BCUT2D eigenvalue weighted by molar-refractivity contribution is 0.102. The molecule has 1 heterocycles. The fourth-order valence-corrected chi connectivity index (χ4v) is 5.69. The zero-order valence-corrected chi connectivity index (χ0v) is 21.3. The first-order valence-corrected chi connectivity index (χ1v) is 12.4. The standard InChI is InChI=1S/C28H32N2O3S/c1-28(2,3)19-13-14-21-24(16-19)34-27(29-17-18-9-8-10-20(15-18)32-4)25(21)26(31)30-22-11-6-7-12-23(22)33-5/h6-12,15,17,19H,13-14,16H2,1-5H3,(H,30,31). The Labute approximate surface area is 205 Å². The third-order valence-electron chi connectivity index (χ3n) is 6.48. The van der Waals surface area contributed by atoms with E-state index in [1.807, 2.05) is 48.5 Å². The van der Waals surface area contributed by atoms with Crippen molar-refractivity contribution in [2.45, 2.75) is 40.0 Å². The quantitative estimate of drug-likeness (QED) is 0.393. The molecule has 3 aromatic rings. The van der Waals surface area contributed by atoms with Crippen molar-refractivity contribution < 1.29 is 14.3 Å². The Hall–Kier alpha value is -3.12. The van der Waals surface area contributed by atoms with Gasteiger partial charge in [-0.05, 0) is 66.0 Å². The number of anilines is 1. The van der Waals surface area contributed by atoms with E-state index in [2.05, 4.69) is 26.1 Å². The number of benzene rings is 2. The van der Waals surface area contributed by atoms with Crippen LogP contribution in [0.1, 0.15) is 53.6 Å². The number of amides is 1. The zero-order chi connectivity index (χ0) is 24.3. The number of nitrogens with zero attached hydrogens (tertiary/aromatic N) is 1. The summed E-state index contributed by atoms with van der Waals surface area (Å²) in [5.74, 6) is 1.85. The molecule has 1 atom stereocenters. The van der Waals surface area contributed by atoms with Gasteiger partial charge in [-0.2, -0.15) is 0 Å². The average Bonchev–Trinajstić information content (AvgIpc) is 3.20. The summed E-state index contributed by atoms with van der Waals surface area (Å²) in [7, 11) is 3.25. The van der Waals surface area contributed by atoms with E-state index in [4.69, 9.17) is 14.5 Å². The van der Waals surface area contributed by atoms with Gasteiger partial charge in [-0.3, -0.25) is 4.79 Å². The van der Waals surface area contributed by atoms with Crippen molar-refractivity contribution >= 4 is 34.1 Å². The van der Waals surface area contributed by atoms with Crippen molar-refractivity contribution in [1.29, 1.82) is 0 Å². The third kappa shape index (κ3) is 5.17. The first-order chi connectivity index (χ1) is 16.3. The second-order valence-corrected chi connectivity index (χ2v) is 10.8.